The molecule has 2 N–H and O–H groups in total. The summed E-state index contributed by atoms with van der Waals surface area (Å²) < 4.78 is 0. The number of fused-ring (bicyclic) bond motifs is 1. The first-order valence-electron chi connectivity index (χ1n) is 7.82. The van der Waals surface area contributed by atoms with Gasteiger partial charge < -0.3 is 5.32 Å². The maximum Gasteiger partial charge on any atom is 0.249 e. The highest BCUT2D eigenvalue weighted by Crippen LogP contribution is 2.37. The number of nitrogens with one attached hydrogen (secondary N) is 2. The SMILES string of the molecule is CC(C)(C)Nc1cccc2c1CC(=O)N2C1CCC(=O)NC1=O. The van der Waals surface area contributed by atoms with E-state index in [0.717, 1.165) is 16.9 Å². The molecule has 1 atom stereocenters. The second-order valence-electron chi connectivity index (χ2n) is 7.09. The first kappa shape index (κ1) is 15.5. The molecule has 3 rings (SSSR count). The second-order valence-corrected chi connectivity index (χ2v) is 7.09. The zero-order valence-corrected chi connectivity index (χ0v) is 13.6. The molecule has 2 heterocycles. The lowest BCUT2D eigenvalue weighted by molar-refractivity contribution is -0.135. The minimum atomic E-state index is -0.605. The van der Waals surface area contributed by atoms with Gasteiger partial charge in [0.15, 0.2) is 0 Å². The Labute approximate surface area is 135 Å². The van der Waals surface area contributed by atoms with E-state index in [1.807, 2.05) is 18.2 Å². The molecule has 0 aromatic heterocycles. The van der Waals surface area contributed by atoms with Crippen molar-refractivity contribution in [3.05, 3.63) is 23.8 Å². The van der Waals surface area contributed by atoms with Gasteiger partial charge in [-0.1, -0.05) is 6.07 Å². The summed E-state index contributed by atoms with van der Waals surface area (Å²) >= 11 is 0. The van der Waals surface area contributed by atoms with Gasteiger partial charge in [0.05, 0.1) is 12.1 Å². The third kappa shape index (κ3) is 2.93. The summed E-state index contributed by atoms with van der Waals surface area (Å²) in [7, 11) is 0. The quantitative estimate of drug-likeness (QED) is 0.813. The first-order valence-corrected chi connectivity index (χ1v) is 7.82. The smallest absolute Gasteiger partial charge is 0.249 e. The van der Waals surface area contributed by atoms with E-state index in [9.17, 15) is 14.4 Å². The Morgan fingerprint density at radius 1 is 1.22 bits per heavy atom. The molecule has 1 saturated heterocycles. The van der Waals surface area contributed by atoms with Crippen LogP contribution in [0.2, 0.25) is 0 Å². The lowest BCUT2D eigenvalue weighted by atomic mass is 10.0. The highest BCUT2D eigenvalue weighted by molar-refractivity contribution is 6.11. The monoisotopic (exact) mass is 315 g/mol. The number of anilines is 2. The molecule has 2 aliphatic heterocycles. The van der Waals surface area contributed by atoms with Crippen molar-refractivity contribution in [2.24, 2.45) is 0 Å². The molecular weight excluding hydrogens is 294 g/mol. The number of piperidine rings is 1. The molecule has 0 aliphatic carbocycles. The highest BCUT2D eigenvalue weighted by atomic mass is 16.2. The van der Waals surface area contributed by atoms with Gasteiger partial charge in [0.25, 0.3) is 0 Å². The highest BCUT2D eigenvalue weighted by Gasteiger charge is 2.40. The maximum atomic E-state index is 12.5. The van der Waals surface area contributed by atoms with Crippen molar-refractivity contribution in [1.29, 1.82) is 0 Å². The molecule has 6 heteroatoms. The molecule has 0 saturated carbocycles. The van der Waals surface area contributed by atoms with Gasteiger partial charge in [0.2, 0.25) is 17.7 Å². The van der Waals surface area contributed by atoms with Crippen LogP contribution >= 0.6 is 0 Å². The average molecular weight is 315 g/mol. The number of carbonyl (C=O) groups is 3. The Morgan fingerprint density at radius 2 is 1.96 bits per heavy atom. The van der Waals surface area contributed by atoms with Crippen LogP contribution in [0.4, 0.5) is 11.4 Å². The molecule has 122 valence electrons. The van der Waals surface area contributed by atoms with E-state index < -0.39 is 11.9 Å². The third-order valence-corrected chi connectivity index (χ3v) is 4.04. The maximum absolute atomic E-state index is 12.5. The summed E-state index contributed by atoms with van der Waals surface area (Å²) in [6, 6.07) is 5.08. The molecule has 1 aromatic carbocycles. The van der Waals surface area contributed by atoms with Gasteiger partial charge >= 0.3 is 0 Å². The van der Waals surface area contributed by atoms with Gasteiger partial charge in [-0.25, -0.2) is 0 Å². The summed E-state index contributed by atoms with van der Waals surface area (Å²) in [5.41, 5.74) is 2.47. The van der Waals surface area contributed by atoms with Crippen molar-refractivity contribution in [3.8, 4) is 0 Å². The molecule has 0 bridgehead atoms. The fourth-order valence-electron chi connectivity index (χ4n) is 3.15. The summed E-state index contributed by atoms with van der Waals surface area (Å²) in [5.74, 6) is -0.768. The van der Waals surface area contributed by atoms with Gasteiger partial charge in [0.1, 0.15) is 6.04 Å². The van der Waals surface area contributed by atoms with Gasteiger partial charge in [0, 0.05) is 23.2 Å². The predicted octanol–water partition coefficient (Wildman–Crippen LogP) is 1.59. The fourth-order valence-corrected chi connectivity index (χ4v) is 3.15. The average Bonchev–Trinajstić information content (AvgIpc) is 2.75. The van der Waals surface area contributed by atoms with Crippen LogP contribution in [0.1, 0.15) is 39.2 Å². The summed E-state index contributed by atoms with van der Waals surface area (Å²) in [4.78, 5) is 37.5. The molecule has 23 heavy (non-hydrogen) atoms. The molecule has 6 nitrogen and oxygen atoms in total. The molecule has 3 amide bonds. The van der Waals surface area contributed by atoms with Crippen LogP contribution in [0.15, 0.2) is 18.2 Å². The number of carbonyl (C=O) groups excluding carboxylic acids is 3. The van der Waals surface area contributed by atoms with Crippen molar-refractivity contribution < 1.29 is 14.4 Å². The van der Waals surface area contributed by atoms with E-state index in [-0.39, 0.29) is 30.2 Å². The number of nitrogens with zero attached hydrogens (tertiary/aromatic N) is 1. The Bertz CT molecular complexity index is 691. The van der Waals surface area contributed by atoms with E-state index in [1.165, 1.54) is 0 Å². The van der Waals surface area contributed by atoms with Crippen LogP contribution in [-0.4, -0.2) is 29.3 Å². The van der Waals surface area contributed by atoms with Crippen molar-refractivity contribution in [2.45, 2.75) is 51.6 Å². The van der Waals surface area contributed by atoms with Crippen molar-refractivity contribution in [3.63, 3.8) is 0 Å². The van der Waals surface area contributed by atoms with Crippen molar-refractivity contribution in [1.82, 2.24) is 5.32 Å². The van der Waals surface area contributed by atoms with Gasteiger partial charge in [-0.15, -0.1) is 0 Å². The van der Waals surface area contributed by atoms with Crippen LogP contribution in [0, 0.1) is 0 Å². The van der Waals surface area contributed by atoms with E-state index >= 15 is 0 Å². The minimum absolute atomic E-state index is 0.0994. The Morgan fingerprint density at radius 3 is 2.61 bits per heavy atom. The van der Waals surface area contributed by atoms with Crippen LogP contribution in [-0.2, 0) is 20.8 Å². The van der Waals surface area contributed by atoms with E-state index in [0.29, 0.717) is 6.42 Å². The van der Waals surface area contributed by atoms with Gasteiger partial charge in [-0.3, -0.25) is 24.6 Å². The zero-order chi connectivity index (χ0) is 16.8. The molecule has 0 spiro atoms. The summed E-state index contributed by atoms with van der Waals surface area (Å²) in [5, 5.41) is 5.73. The molecule has 1 fully saturated rings. The van der Waals surface area contributed by atoms with Crippen LogP contribution in [0.25, 0.3) is 0 Å². The van der Waals surface area contributed by atoms with Gasteiger partial charge in [-0.05, 0) is 39.3 Å². The molecule has 1 aromatic rings. The summed E-state index contributed by atoms with van der Waals surface area (Å²) in [6.07, 6.45) is 0.897. The lowest BCUT2D eigenvalue weighted by Gasteiger charge is -2.30. The lowest BCUT2D eigenvalue weighted by Crippen LogP contribution is -2.53. The van der Waals surface area contributed by atoms with Crippen molar-refractivity contribution in [2.75, 3.05) is 10.2 Å². The largest absolute Gasteiger partial charge is 0.380 e. The normalized spacial score (nSPS) is 21.3. The van der Waals surface area contributed by atoms with E-state index in [4.69, 9.17) is 0 Å². The number of hydrogen-bond acceptors (Lipinski definition) is 4. The molecule has 1 unspecified atom stereocenters. The van der Waals surface area contributed by atoms with Crippen LogP contribution in [0.3, 0.4) is 0 Å². The summed E-state index contributed by atoms with van der Waals surface area (Å²) in [6.45, 7) is 6.17. The number of amides is 3. The topological polar surface area (TPSA) is 78.5 Å². The Balaban J connectivity index is 1.95. The van der Waals surface area contributed by atoms with Crippen LogP contribution < -0.4 is 15.5 Å². The molecule has 0 radical (unpaired) electrons. The second kappa shape index (κ2) is 5.37. The minimum Gasteiger partial charge on any atom is -0.380 e. The number of benzene rings is 1. The molecule has 2 aliphatic rings. The Hall–Kier alpha value is -2.37. The Kier molecular flexibility index (Phi) is 3.62. The van der Waals surface area contributed by atoms with E-state index in [1.54, 1.807) is 4.90 Å². The van der Waals surface area contributed by atoms with Crippen LogP contribution in [0.5, 0.6) is 0 Å². The number of rotatable bonds is 2. The van der Waals surface area contributed by atoms with Crippen molar-refractivity contribution >= 4 is 29.1 Å². The molecular formula is C17H21N3O3. The number of imide groups is 1. The third-order valence-electron chi connectivity index (χ3n) is 4.04. The first-order chi connectivity index (χ1) is 10.8. The van der Waals surface area contributed by atoms with Gasteiger partial charge in [-0.2, -0.15) is 0 Å². The predicted molar refractivity (Wildman–Crippen MR) is 87.2 cm³/mol. The fraction of sp³-hybridized carbons (Fsp3) is 0.471. The standard InChI is InChI=1S/C17H21N3O3/c1-17(2,3)19-11-5-4-6-12-10(11)9-15(22)20(12)13-7-8-14(21)18-16(13)23/h4-6,13,19H,7-9H2,1-3H3,(H,18,21,23). The zero-order valence-electron chi connectivity index (χ0n) is 13.6. The van der Waals surface area contributed by atoms with E-state index in [2.05, 4.69) is 31.4 Å². The number of hydrogen-bond donors (Lipinski definition) is 2.